The van der Waals surface area contributed by atoms with Crippen LogP contribution in [0.15, 0.2) is 4.99 Å². The first-order valence-electron chi connectivity index (χ1n) is 6.82. The molecule has 1 aliphatic rings. The summed E-state index contributed by atoms with van der Waals surface area (Å²) in [6.07, 6.45) is 4.12. The van der Waals surface area contributed by atoms with Crippen LogP contribution in [0, 0.1) is 0 Å². The summed E-state index contributed by atoms with van der Waals surface area (Å²) in [5, 5.41) is 6.48. The van der Waals surface area contributed by atoms with E-state index in [2.05, 4.69) is 29.5 Å². The van der Waals surface area contributed by atoms with Crippen molar-refractivity contribution in [1.29, 1.82) is 0 Å². The van der Waals surface area contributed by atoms with Crippen molar-refractivity contribution in [3.05, 3.63) is 0 Å². The average Bonchev–Trinajstić information content (AvgIpc) is 2.82. The highest BCUT2D eigenvalue weighted by Crippen LogP contribution is 2.19. The summed E-state index contributed by atoms with van der Waals surface area (Å²) in [5.74, 6) is 0.731. The smallest absolute Gasteiger partial charge is 0.211 e. The Bertz CT molecular complexity index is 408. The first-order valence-corrected chi connectivity index (χ1v) is 8.67. The maximum Gasteiger partial charge on any atom is 0.211 e. The largest absolute Gasteiger partial charge is 0.355 e. The molecule has 19 heavy (non-hydrogen) atoms. The van der Waals surface area contributed by atoms with Crippen LogP contribution >= 0.6 is 0 Å². The van der Waals surface area contributed by atoms with Crippen LogP contribution in [-0.2, 0) is 10.0 Å². The van der Waals surface area contributed by atoms with Crippen molar-refractivity contribution < 1.29 is 8.42 Å². The molecule has 0 radical (unpaired) electrons. The lowest BCUT2D eigenvalue weighted by Gasteiger charge is -2.24. The molecule has 0 saturated carbocycles. The Morgan fingerprint density at radius 2 is 2.21 bits per heavy atom. The van der Waals surface area contributed by atoms with Gasteiger partial charge >= 0.3 is 0 Å². The fraction of sp³-hybridized carbons (Fsp3) is 0.917. The molecule has 1 rings (SSSR count). The van der Waals surface area contributed by atoms with Crippen molar-refractivity contribution in [3.63, 3.8) is 0 Å². The first kappa shape index (κ1) is 16.2. The van der Waals surface area contributed by atoms with Gasteiger partial charge in [0.05, 0.1) is 6.26 Å². The average molecular weight is 290 g/mol. The first-order chi connectivity index (χ1) is 8.88. The van der Waals surface area contributed by atoms with Gasteiger partial charge in [-0.25, -0.2) is 8.42 Å². The summed E-state index contributed by atoms with van der Waals surface area (Å²) >= 11 is 0. The summed E-state index contributed by atoms with van der Waals surface area (Å²) in [5.41, 5.74) is 0. The minimum atomic E-state index is -3.10. The molecule has 0 aromatic heterocycles. The van der Waals surface area contributed by atoms with E-state index in [-0.39, 0.29) is 6.04 Å². The SMILES string of the molecule is CCC(C)NC(=NC)NC[C@H]1CCCN1S(C)(=O)=O. The van der Waals surface area contributed by atoms with Crippen molar-refractivity contribution in [2.75, 3.05) is 26.4 Å². The van der Waals surface area contributed by atoms with Crippen molar-refractivity contribution in [3.8, 4) is 0 Å². The van der Waals surface area contributed by atoms with Crippen LogP contribution < -0.4 is 10.6 Å². The van der Waals surface area contributed by atoms with Gasteiger partial charge in [-0.05, 0) is 26.2 Å². The molecular formula is C12H26N4O2S. The Morgan fingerprint density at radius 1 is 1.53 bits per heavy atom. The van der Waals surface area contributed by atoms with E-state index in [4.69, 9.17) is 0 Å². The fourth-order valence-corrected chi connectivity index (χ4v) is 3.38. The molecule has 0 aromatic carbocycles. The molecule has 0 aliphatic carbocycles. The highest BCUT2D eigenvalue weighted by Gasteiger charge is 2.31. The van der Waals surface area contributed by atoms with E-state index in [1.807, 2.05) is 0 Å². The van der Waals surface area contributed by atoms with E-state index in [1.54, 1.807) is 11.4 Å². The molecule has 1 fully saturated rings. The third-order valence-electron chi connectivity index (χ3n) is 3.47. The van der Waals surface area contributed by atoms with Gasteiger partial charge in [-0.1, -0.05) is 6.92 Å². The number of nitrogens with one attached hydrogen (secondary N) is 2. The molecule has 1 unspecified atom stereocenters. The number of nitrogens with zero attached hydrogens (tertiary/aromatic N) is 2. The second-order valence-electron chi connectivity index (χ2n) is 5.08. The van der Waals surface area contributed by atoms with E-state index < -0.39 is 10.0 Å². The van der Waals surface area contributed by atoms with Crippen LogP contribution in [0.2, 0.25) is 0 Å². The van der Waals surface area contributed by atoms with Crippen LogP contribution in [-0.4, -0.2) is 57.2 Å². The van der Waals surface area contributed by atoms with Crippen molar-refractivity contribution in [2.45, 2.75) is 45.2 Å². The predicted molar refractivity (Wildman–Crippen MR) is 78.8 cm³/mol. The van der Waals surface area contributed by atoms with Crippen molar-refractivity contribution >= 4 is 16.0 Å². The molecule has 6 nitrogen and oxygen atoms in total. The third kappa shape index (κ3) is 4.99. The van der Waals surface area contributed by atoms with Gasteiger partial charge < -0.3 is 10.6 Å². The van der Waals surface area contributed by atoms with Gasteiger partial charge in [0.25, 0.3) is 0 Å². The molecule has 1 heterocycles. The van der Waals surface area contributed by atoms with Gasteiger partial charge in [-0.2, -0.15) is 4.31 Å². The van der Waals surface area contributed by atoms with Crippen LogP contribution in [0.3, 0.4) is 0 Å². The zero-order valence-corrected chi connectivity index (χ0v) is 13.1. The van der Waals surface area contributed by atoms with Crippen LogP contribution in [0.4, 0.5) is 0 Å². The minimum absolute atomic E-state index is 0.0329. The maximum absolute atomic E-state index is 11.6. The van der Waals surface area contributed by atoms with Gasteiger partial charge in [0, 0.05) is 32.2 Å². The van der Waals surface area contributed by atoms with Gasteiger partial charge in [-0.15, -0.1) is 0 Å². The third-order valence-corrected chi connectivity index (χ3v) is 4.81. The van der Waals surface area contributed by atoms with E-state index in [1.165, 1.54) is 6.26 Å². The molecule has 112 valence electrons. The molecule has 2 atom stereocenters. The Kier molecular flexibility index (Phi) is 6.06. The quantitative estimate of drug-likeness (QED) is 0.567. The number of guanidine groups is 1. The summed E-state index contributed by atoms with van der Waals surface area (Å²) < 4.78 is 24.8. The predicted octanol–water partition coefficient (Wildman–Crippen LogP) is 0.374. The second kappa shape index (κ2) is 7.09. The normalized spacial score (nSPS) is 23.4. The Hall–Kier alpha value is -0.820. The summed E-state index contributed by atoms with van der Waals surface area (Å²) in [7, 11) is -1.38. The lowest BCUT2D eigenvalue weighted by Crippen LogP contribution is -2.48. The Balaban J connectivity index is 2.51. The fourth-order valence-electron chi connectivity index (χ4n) is 2.19. The van der Waals surface area contributed by atoms with E-state index in [0.717, 1.165) is 25.2 Å². The lowest BCUT2D eigenvalue weighted by atomic mass is 10.2. The molecule has 7 heteroatoms. The molecule has 0 spiro atoms. The topological polar surface area (TPSA) is 73.8 Å². The van der Waals surface area contributed by atoms with Crippen LogP contribution in [0.5, 0.6) is 0 Å². The molecule has 1 aliphatic heterocycles. The molecule has 0 aromatic rings. The van der Waals surface area contributed by atoms with Crippen molar-refractivity contribution in [2.24, 2.45) is 4.99 Å². The van der Waals surface area contributed by atoms with Gasteiger partial charge in [0.2, 0.25) is 10.0 Å². The van der Waals surface area contributed by atoms with E-state index in [0.29, 0.717) is 19.1 Å². The molecule has 2 N–H and O–H groups in total. The molecule has 1 saturated heterocycles. The Labute approximate surface area is 116 Å². The Morgan fingerprint density at radius 3 is 2.74 bits per heavy atom. The maximum atomic E-state index is 11.6. The number of hydrogen-bond donors (Lipinski definition) is 2. The van der Waals surface area contributed by atoms with Gasteiger partial charge in [0.1, 0.15) is 0 Å². The van der Waals surface area contributed by atoms with E-state index in [9.17, 15) is 8.42 Å². The number of sulfonamides is 1. The lowest BCUT2D eigenvalue weighted by molar-refractivity contribution is 0.386. The van der Waals surface area contributed by atoms with Crippen LogP contribution in [0.25, 0.3) is 0 Å². The van der Waals surface area contributed by atoms with Crippen LogP contribution in [0.1, 0.15) is 33.1 Å². The zero-order valence-electron chi connectivity index (χ0n) is 12.3. The minimum Gasteiger partial charge on any atom is -0.355 e. The standard InChI is InChI=1S/C12H26N4O2S/c1-5-10(2)15-12(13-3)14-9-11-7-6-8-16(11)19(4,17)18/h10-11H,5-9H2,1-4H3,(H2,13,14,15)/t10?,11-/m1/s1. The number of rotatable bonds is 5. The highest BCUT2D eigenvalue weighted by molar-refractivity contribution is 7.88. The molecule has 0 bridgehead atoms. The summed E-state index contributed by atoms with van der Waals surface area (Å²) in [6.45, 7) is 5.42. The summed E-state index contributed by atoms with van der Waals surface area (Å²) in [6, 6.07) is 0.381. The number of hydrogen-bond acceptors (Lipinski definition) is 3. The monoisotopic (exact) mass is 290 g/mol. The molecular weight excluding hydrogens is 264 g/mol. The summed E-state index contributed by atoms with van der Waals surface area (Å²) in [4.78, 5) is 4.15. The second-order valence-corrected chi connectivity index (χ2v) is 7.01. The number of aliphatic imine (C=N–C) groups is 1. The molecule has 0 amide bonds. The van der Waals surface area contributed by atoms with Gasteiger partial charge in [-0.3, -0.25) is 4.99 Å². The van der Waals surface area contributed by atoms with Gasteiger partial charge in [0.15, 0.2) is 5.96 Å². The zero-order chi connectivity index (χ0) is 14.5. The van der Waals surface area contributed by atoms with Crippen molar-refractivity contribution in [1.82, 2.24) is 14.9 Å². The highest BCUT2D eigenvalue weighted by atomic mass is 32.2. The van der Waals surface area contributed by atoms with E-state index >= 15 is 0 Å².